The van der Waals surface area contributed by atoms with Crippen LogP contribution in [0.2, 0.25) is 0 Å². The van der Waals surface area contributed by atoms with Gasteiger partial charge in [0.15, 0.2) is 0 Å². The molecule has 3 aromatic carbocycles. The highest BCUT2D eigenvalue weighted by atomic mass is 16.3. The van der Waals surface area contributed by atoms with E-state index in [-0.39, 0.29) is 6.04 Å². The molecule has 5 nitrogen and oxygen atoms in total. The van der Waals surface area contributed by atoms with Gasteiger partial charge in [-0.05, 0) is 41.6 Å². The molecule has 0 heterocycles. The van der Waals surface area contributed by atoms with Gasteiger partial charge < -0.3 is 16.6 Å². The van der Waals surface area contributed by atoms with E-state index in [1.165, 1.54) is 0 Å². The number of aliphatic hydroxyl groups is 1. The van der Waals surface area contributed by atoms with Gasteiger partial charge in [0.2, 0.25) is 0 Å². The van der Waals surface area contributed by atoms with Crippen molar-refractivity contribution in [3.05, 3.63) is 71.8 Å². The summed E-state index contributed by atoms with van der Waals surface area (Å²) in [6.45, 7) is 2.11. The van der Waals surface area contributed by atoms with Crippen molar-refractivity contribution in [2.45, 2.75) is 19.1 Å². The summed E-state index contributed by atoms with van der Waals surface area (Å²) in [6.07, 6.45) is -0.534. The molecule has 0 saturated carbocycles. The van der Waals surface area contributed by atoms with Crippen LogP contribution in [0, 0.1) is 0 Å². The third-order valence-corrected chi connectivity index (χ3v) is 4.21. The first-order valence-corrected chi connectivity index (χ1v) is 8.27. The summed E-state index contributed by atoms with van der Waals surface area (Å²) in [7, 11) is 0. The van der Waals surface area contributed by atoms with Crippen LogP contribution < -0.4 is 11.5 Å². The molecule has 0 saturated heterocycles. The molecule has 0 aromatic heterocycles. The van der Waals surface area contributed by atoms with Gasteiger partial charge in [-0.2, -0.15) is 5.11 Å². The SMILES string of the molecule is CC(O)c1cccc(N=Nc2ccc(C(N)CN)c3ccccc23)c1. The van der Waals surface area contributed by atoms with Crippen molar-refractivity contribution in [1.82, 2.24) is 0 Å². The normalized spacial score (nSPS) is 14.1. The lowest BCUT2D eigenvalue weighted by molar-refractivity contribution is 0.199. The Kier molecular flexibility index (Phi) is 5.19. The fourth-order valence-electron chi connectivity index (χ4n) is 2.80. The predicted molar refractivity (Wildman–Crippen MR) is 101 cm³/mol. The van der Waals surface area contributed by atoms with Gasteiger partial charge in [-0.3, -0.25) is 0 Å². The average molecular weight is 334 g/mol. The summed E-state index contributed by atoms with van der Waals surface area (Å²) in [4.78, 5) is 0. The van der Waals surface area contributed by atoms with Crippen LogP contribution in [0.15, 0.2) is 70.9 Å². The molecule has 128 valence electrons. The van der Waals surface area contributed by atoms with E-state index in [2.05, 4.69) is 10.2 Å². The summed E-state index contributed by atoms with van der Waals surface area (Å²) < 4.78 is 0. The maximum absolute atomic E-state index is 9.69. The van der Waals surface area contributed by atoms with Crippen molar-refractivity contribution in [1.29, 1.82) is 0 Å². The van der Waals surface area contributed by atoms with Crippen LogP contribution in [-0.4, -0.2) is 11.7 Å². The maximum Gasteiger partial charge on any atom is 0.0935 e. The minimum atomic E-state index is -0.534. The van der Waals surface area contributed by atoms with E-state index in [0.717, 1.165) is 27.6 Å². The highest BCUT2D eigenvalue weighted by Gasteiger charge is 2.10. The lowest BCUT2D eigenvalue weighted by atomic mass is 9.98. The number of fused-ring (bicyclic) bond motifs is 1. The van der Waals surface area contributed by atoms with Crippen LogP contribution in [-0.2, 0) is 0 Å². The van der Waals surface area contributed by atoms with E-state index in [9.17, 15) is 5.11 Å². The Balaban J connectivity index is 2.01. The molecule has 0 bridgehead atoms. The molecular weight excluding hydrogens is 312 g/mol. The second kappa shape index (κ2) is 7.53. The molecule has 0 aliphatic heterocycles. The molecule has 5 heteroatoms. The third kappa shape index (κ3) is 3.74. The fourth-order valence-corrected chi connectivity index (χ4v) is 2.80. The van der Waals surface area contributed by atoms with Crippen molar-refractivity contribution in [3.63, 3.8) is 0 Å². The number of rotatable bonds is 5. The van der Waals surface area contributed by atoms with Crippen molar-refractivity contribution in [2.75, 3.05) is 6.54 Å². The number of nitrogens with zero attached hydrogens (tertiary/aromatic N) is 2. The van der Waals surface area contributed by atoms with Crippen molar-refractivity contribution in [3.8, 4) is 0 Å². The van der Waals surface area contributed by atoms with Crippen LogP contribution in [0.3, 0.4) is 0 Å². The molecule has 2 unspecified atom stereocenters. The molecule has 0 aliphatic carbocycles. The number of hydrogen-bond donors (Lipinski definition) is 3. The van der Waals surface area contributed by atoms with E-state index in [1.807, 2.05) is 60.7 Å². The predicted octanol–water partition coefficient (Wildman–Crippen LogP) is 4.27. The number of aliphatic hydroxyl groups excluding tert-OH is 1. The van der Waals surface area contributed by atoms with Crippen molar-refractivity contribution < 1.29 is 5.11 Å². The Morgan fingerprint density at radius 1 is 0.960 bits per heavy atom. The van der Waals surface area contributed by atoms with Gasteiger partial charge in [-0.15, -0.1) is 5.11 Å². The summed E-state index contributed by atoms with van der Waals surface area (Å²) in [6, 6.07) is 19.0. The van der Waals surface area contributed by atoms with E-state index in [4.69, 9.17) is 11.5 Å². The first kappa shape index (κ1) is 17.2. The fraction of sp³-hybridized carbons (Fsp3) is 0.200. The monoisotopic (exact) mass is 334 g/mol. The standard InChI is InChI=1S/C20H22N4O/c1-13(25)14-5-4-6-15(11-14)23-24-20-10-9-17(19(22)12-21)16-7-2-3-8-18(16)20/h2-11,13,19,25H,12,21-22H2,1H3. The Morgan fingerprint density at radius 3 is 2.44 bits per heavy atom. The number of nitrogens with two attached hydrogens (primary N) is 2. The first-order valence-electron chi connectivity index (χ1n) is 8.27. The number of hydrogen-bond acceptors (Lipinski definition) is 5. The maximum atomic E-state index is 9.69. The second-order valence-electron chi connectivity index (χ2n) is 6.03. The summed E-state index contributed by atoms with van der Waals surface area (Å²) in [5.74, 6) is 0. The number of benzene rings is 3. The van der Waals surface area contributed by atoms with Crippen LogP contribution in [0.1, 0.15) is 30.2 Å². The third-order valence-electron chi connectivity index (χ3n) is 4.21. The van der Waals surface area contributed by atoms with Crippen LogP contribution >= 0.6 is 0 Å². The Morgan fingerprint density at radius 2 is 1.72 bits per heavy atom. The molecular formula is C20H22N4O. The average Bonchev–Trinajstić information content (AvgIpc) is 2.65. The summed E-state index contributed by atoms with van der Waals surface area (Å²) in [5, 5.41) is 20.4. The van der Waals surface area contributed by atoms with Gasteiger partial charge in [-0.1, -0.05) is 42.5 Å². The summed E-state index contributed by atoms with van der Waals surface area (Å²) in [5.41, 5.74) is 15.1. The summed E-state index contributed by atoms with van der Waals surface area (Å²) >= 11 is 0. The minimum Gasteiger partial charge on any atom is -0.389 e. The Labute approximate surface area is 147 Å². The molecule has 3 rings (SSSR count). The Bertz CT molecular complexity index is 905. The van der Waals surface area contributed by atoms with E-state index < -0.39 is 6.10 Å². The highest BCUT2D eigenvalue weighted by Crippen LogP contribution is 2.32. The zero-order valence-corrected chi connectivity index (χ0v) is 14.1. The van der Waals surface area contributed by atoms with Gasteiger partial charge in [-0.25, -0.2) is 0 Å². The zero-order valence-electron chi connectivity index (χ0n) is 14.1. The van der Waals surface area contributed by atoms with Gasteiger partial charge in [0.25, 0.3) is 0 Å². The smallest absolute Gasteiger partial charge is 0.0935 e. The van der Waals surface area contributed by atoms with Crippen molar-refractivity contribution in [2.24, 2.45) is 21.7 Å². The molecule has 0 radical (unpaired) electrons. The van der Waals surface area contributed by atoms with E-state index >= 15 is 0 Å². The molecule has 0 spiro atoms. The van der Waals surface area contributed by atoms with Gasteiger partial charge in [0, 0.05) is 18.0 Å². The second-order valence-corrected chi connectivity index (χ2v) is 6.03. The molecule has 2 atom stereocenters. The lowest BCUT2D eigenvalue weighted by Gasteiger charge is -2.13. The largest absolute Gasteiger partial charge is 0.389 e. The quantitative estimate of drug-likeness (QED) is 0.608. The van der Waals surface area contributed by atoms with E-state index in [0.29, 0.717) is 12.2 Å². The van der Waals surface area contributed by atoms with Gasteiger partial charge in [0.1, 0.15) is 0 Å². The van der Waals surface area contributed by atoms with Crippen molar-refractivity contribution >= 4 is 22.1 Å². The topological polar surface area (TPSA) is 97.0 Å². The molecule has 5 N–H and O–H groups in total. The van der Waals surface area contributed by atoms with E-state index in [1.54, 1.807) is 6.92 Å². The highest BCUT2D eigenvalue weighted by molar-refractivity contribution is 5.95. The molecule has 0 amide bonds. The lowest BCUT2D eigenvalue weighted by Crippen LogP contribution is -2.20. The molecule has 3 aromatic rings. The number of azo groups is 1. The molecule has 25 heavy (non-hydrogen) atoms. The van der Waals surface area contributed by atoms with Gasteiger partial charge >= 0.3 is 0 Å². The molecule has 0 fully saturated rings. The van der Waals surface area contributed by atoms with Crippen LogP contribution in [0.5, 0.6) is 0 Å². The first-order chi connectivity index (χ1) is 12.1. The zero-order chi connectivity index (χ0) is 17.8. The van der Waals surface area contributed by atoms with Crippen LogP contribution in [0.4, 0.5) is 11.4 Å². The Hall–Kier alpha value is -2.60. The molecule has 0 aliphatic rings. The van der Waals surface area contributed by atoms with Gasteiger partial charge in [0.05, 0.1) is 17.5 Å². The minimum absolute atomic E-state index is 0.210. The van der Waals surface area contributed by atoms with Crippen LogP contribution in [0.25, 0.3) is 10.8 Å².